The number of aliphatic carboxylic acids is 1. The third kappa shape index (κ3) is 9.21. The molecule has 2 aromatic rings. The second-order valence-electron chi connectivity index (χ2n) is 21.4. The molecule has 9 rings (SSSR count). The van der Waals surface area contributed by atoms with Crippen LogP contribution in [0.15, 0.2) is 40.9 Å². The van der Waals surface area contributed by atoms with Gasteiger partial charge < -0.3 is 59.1 Å². The maximum absolute atomic E-state index is 16.1. The molecule has 6 fully saturated rings. The number of ether oxygens (including phenoxy) is 4. The van der Waals surface area contributed by atoms with Gasteiger partial charge in [-0.25, -0.2) is 18.8 Å². The number of allylic oxidation sites excluding steroid dienone is 4. The molecule has 22 heteroatoms. The van der Waals surface area contributed by atoms with Gasteiger partial charge in [0.2, 0.25) is 23.9 Å². The number of carbonyl (C=O) groups excluding carboxylic acids is 6. The molecule has 1 aromatic carbocycles. The van der Waals surface area contributed by atoms with Crippen LogP contribution in [-0.2, 0) is 43.0 Å². The van der Waals surface area contributed by atoms with E-state index in [4.69, 9.17) is 18.9 Å². The van der Waals surface area contributed by atoms with Gasteiger partial charge in [0.05, 0.1) is 43.0 Å². The SMILES string of the molecule is COc1c(N2CC3CCCN(C(=O)OCOC(=O)CC(NC(=O)CCC(=O)OCC(=O)[C@@]4(O)CCC5C6CCC7=CC(=O)C=C[C@]7(C)C6[C@@H](O)C[C@@]54C)C(=O)O)C3C2)c(F)cc2c(=O)c(C(=O)O)cn(C3CC3)c12. The number of halogens is 1. The number of carboxylic acid groups (broad SMARTS) is 2. The maximum Gasteiger partial charge on any atom is 0.412 e. The average Bonchev–Trinajstić information content (AvgIpc) is 4.04. The minimum Gasteiger partial charge on any atom is -0.492 e. The summed E-state index contributed by atoms with van der Waals surface area (Å²) in [5.41, 5.74) is -3.51. The van der Waals surface area contributed by atoms with Crippen LogP contribution in [0.1, 0.15) is 107 Å². The van der Waals surface area contributed by atoms with Gasteiger partial charge in [0.1, 0.15) is 22.9 Å². The molecule has 1 aromatic heterocycles. The molecule has 4 saturated carbocycles. The molecule has 6 unspecified atom stereocenters. The Morgan fingerprint density at radius 3 is 2.42 bits per heavy atom. The highest BCUT2D eigenvalue weighted by Crippen LogP contribution is 2.67. The number of aromatic carboxylic acids is 1. The van der Waals surface area contributed by atoms with Crippen LogP contribution >= 0.6 is 0 Å². The van der Waals surface area contributed by atoms with Gasteiger partial charge in [-0.3, -0.25) is 28.8 Å². The fourth-order valence-electron chi connectivity index (χ4n) is 13.6. The van der Waals surface area contributed by atoms with Gasteiger partial charge in [0, 0.05) is 55.0 Å². The Morgan fingerprint density at radius 1 is 0.959 bits per heavy atom. The third-order valence-corrected chi connectivity index (χ3v) is 17.3. The number of hydrogen-bond acceptors (Lipinski definition) is 16. The van der Waals surface area contributed by atoms with Crippen molar-refractivity contribution < 1.29 is 82.1 Å². The lowest BCUT2D eigenvalue weighted by Gasteiger charge is -2.59. The number of nitrogens with zero attached hydrogens (tertiary/aromatic N) is 3. The predicted molar refractivity (Wildman–Crippen MR) is 255 cm³/mol. The van der Waals surface area contributed by atoms with E-state index in [0.717, 1.165) is 24.5 Å². The van der Waals surface area contributed by atoms with Crippen LogP contribution in [0, 0.1) is 40.3 Å². The van der Waals surface area contributed by atoms with Gasteiger partial charge in [0.15, 0.2) is 24.0 Å². The van der Waals surface area contributed by atoms with E-state index in [2.05, 4.69) is 5.32 Å². The number of Topliss-reactive ketones (excluding diaryl/α,β-unsaturated/α-hetero) is 1. The zero-order chi connectivity index (χ0) is 53.2. The van der Waals surface area contributed by atoms with Crippen molar-refractivity contribution >= 4 is 64.0 Å². The van der Waals surface area contributed by atoms with Crippen LogP contribution in [0.4, 0.5) is 14.9 Å². The Morgan fingerprint density at radius 2 is 1.72 bits per heavy atom. The molecule has 2 amide bonds. The number of ketones is 2. The number of anilines is 1. The molecule has 5 N–H and O–H groups in total. The van der Waals surface area contributed by atoms with E-state index >= 15 is 4.39 Å². The lowest BCUT2D eigenvalue weighted by molar-refractivity contribution is -0.181. The number of fused-ring (bicyclic) bond motifs is 7. The number of nitrogens with one attached hydrogen (secondary N) is 1. The smallest absolute Gasteiger partial charge is 0.412 e. The van der Waals surface area contributed by atoms with Crippen LogP contribution in [0.25, 0.3) is 10.9 Å². The zero-order valence-electron chi connectivity index (χ0n) is 41.3. The van der Waals surface area contributed by atoms with Crippen molar-refractivity contribution in [3.05, 3.63) is 57.7 Å². The monoisotopic (exact) mass is 1030 g/mol. The molecule has 7 aliphatic rings. The molecule has 74 heavy (non-hydrogen) atoms. The summed E-state index contributed by atoms with van der Waals surface area (Å²) >= 11 is 0. The first-order chi connectivity index (χ1) is 35.1. The van der Waals surface area contributed by atoms with Crippen LogP contribution < -0.4 is 20.4 Å². The van der Waals surface area contributed by atoms with Crippen LogP contribution in [0.3, 0.4) is 0 Å². The number of carboxylic acids is 2. The Bertz CT molecular complexity index is 2840. The summed E-state index contributed by atoms with van der Waals surface area (Å²) in [6.45, 7) is 2.79. The van der Waals surface area contributed by atoms with Crippen molar-refractivity contribution in [2.75, 3.05) is 45.0 Å². The number of esters is 2. The highest BCUT2D eigenvalue weighted by Gasteiger charge is 2.68. The number of likely N-dealkylation sites (tertiary alicyclic amines) is 1. The van der Waals surface area contributed by atoms with Gasteiger partial charge in [0.25, 0.3) is 0 Å². The first-order valence-electron chi connectivity index (χ1n) is 25.2. The van der Waals surface area contributed by atoms with Crippen molar-refractivity contribution in [1.82, 2.24) is 14.8 Å². The molecular formula is C52H61FN4O17. The molecular weight excluding hydrogens is 972 g/mol. The second kappa shape index (κ2) is 19.9. The molecule has 0 spiro atoms. The maximum atomic E-state index is 16.1. The number of benzene rings is 1. The highest BCUT2D eigenvalue weighted by molar-refractivity contribution is 6.01. The van der Waals surface area contributed by atoms with E-state index in [9.17, 15) is 63.6 Å². The van der Waals surface area contributed by atoms with Crippen molar-refractivity contribution in [2.45, 2.75) is 121 Å². The Labute approximate surface area is 423 Å². The number of aromatic nitrogens is 1. The zero-order valence-corrected chi connectivity index (χ0v) is 41.3. The van der Waals surface area contributed by atoms with E-state index < -0.39 is 126 Å². The van der Waals surface area contributed by atoms with Crippen molar-refractivity contribution in [3.63, 3.8) is 0 Å². The molecule has 21 nitrogen and oxygen atoms in total. The quantitative estimate of drug-likeness (QED) is 0.119. The minimum atomic E-state index is -1.91. The number of rotatable bonds is 16. The number of hydrogen-bond donors (Lipinski definition) is 5. The Kier molecular flexibility index (Phi) is 14.0. The van der Waals surface area contributed by atoms with E-state index in [-0.39, 0.29) is 83.8 Å². The number of pyridine rings is 1. The van der Waals surface area contributed by atoms with Gasteiger partial charge in [-0.05, 0) is 93.8 Å². The van der Waals surface area contributed by atoms with Crippen molar-refractivity contribution in [3.8, 4) is 5.75 Å². The molecule has 2 aliphatic heterocycles. The first kappa shape index (κ1) is 52.2. The fourth-order valence-corrected chi connectivity index (χ4v) is 13.6. The predicted octanol–water partition coefficient (Wildman–Crippen LogP) is 3.58. The molecule has 0 radical (unpaired) electrons. The van der Waals surface area contributed by atoms with E-state index in [1.165, 1.54) is 24.3 Å². The minimum absolute atomic E-state index is 0.0395. The van der Waals surface area contributed by atoms with Gasteiger partial charge >= 0.3 is 30.0 Å². The van der Waals surface area contributed by atoms with E-state index in [1.807, 2.05) is 13.0 Å². The molecule has 2 saturated heterocycles. The second-order valence-corrected chi connectivity index (χ2v) is 21.4. The van der Waals surface area contributed by atoms with Gasteiger partial charge in [-0.1, -0.05) is 25.5 Å². The normalized spacial score (nSPS) is 30.2. The lowest BCUT2D eigenvalue weighted by Crippen LogP contribution is -2.61. The summed E-state index contributed by atoms with van der Waals surface area (Å²) in [5, 5.41) is 45.1. The summed E-state index contributed by atoms with van der Waals surface area (Å²) in [6.07, 6.45) is 7.27. The van der Waals surface area contributed by atoms with E-state index in [1.54, 1.807) is 22.5 Å². The third-order valence-electron chi connectivity index (χ3n) is 17.3. The number of aliphatic hydroxyl groups is 2. The topological polar surface area (TPSA) is 295 Å². The fraction of sp³-hybridized carbons (Fsp3) is 0.596. The van der Waals surface area contributed by atoms with Crippen molar-refractivity contribution in [2.24, 2.45) is 34.5 Å². The number of amides is 2. The summed E-state index contributed by atoms with van der Waals surface area (Å²) in [4.78, 5) is 118. The van der Waals surface area contributed by atoms with Gasteiger partial charge in [-0.2, -0.15) is 0 Å². The van der Waals surface area contributed by atoms with Crippen LogP contribution in [0.5, 0.6) is 5.75 Å². The molecule has 398 valence electrons. The Balaban J connectivity index is 0.733. The highest BCUT2D eigenvalue weighted by atomic mass is 19.1. The molecule has 3 heterocycles. The molecule has 10 atom stereocenters. The van der Waals surface area contributed by atoms with Crippen LogP contribution in [0.2, 0.25) is 0 Å². The lowest BCUT2D eigenvalue weighted by atomic mass is 9.46. The average molecular weight is 1030 g/mol. The summed E-state index contributed by atoms with van der Waals surface area (Å²) in [5.74, 6) is -8.22. The molecule has 0 bridgehead atoms. The standard InChI is InChI=1S/C52H61FN4O17/c1-50-14-12-29(58)17-27(50)6-9-30-33-13-15-52(70,51(33,2)20-37(59)42(30)50)38(60)24-72-40(62)11-10-39(61)54-35(48(67)68)19-41(63)73-25-74-49(69)56-16-4-5-26-21-55(23-36(26)56)44-34(53)18-31-43(46(44)71-3)57(28-7-8-28)22-32(45(31)64)47(65)66/h12,14,17-18,22,26,28,30,33,35-37,42,59,70H,4-11,13,15-16,19-21,23-25H2,1-3H3,(H,54,61)(H,65,66)(H,67,68)/t26?,30?,33?,35?,36?,37-,42?,50-,51-,52-/m0/s1. The summed E-state index contributed by atoms with van der Waals surface area (Å²) < 4.78 is 38.9. The number of piperidine rings is 1. The van der Waals surface area contributed by atoms with E-state index in [0.29, 0.717) is 38.6 Å². The number of aliphatic hydroxyl groups excluding tert-OH is 1. The number of carbonyl (C=O) groups is 8. The molecule has 5 aliphatic carbocycles. The van der Waals surface area contributed by atoms with Crippen LogP contribution in [-0.4, -0.2) is 141 Å². The summed E-state index contributed by atoms with van der Waals surface area (Å²) in [7, 11) is 1.33. The largest absolute Gasteiger partial charge is 0.492 e. The van der Waals surface area contributed by atoms with Crippen molar-refractivity contribution in [1.29, 1.82) is 0 Å². The Hall–Kier alpha value is -6.68. The first-order valence-corrected chi connectivity index (χ1v) is 25.2. The summed E-state index contributed by atoms with van der Waals surface area (Å²) in [6, 6.07) is -1.37. The van der Waals surface area contributed by atoms with Gasteiger partial charge in [-0.15, -0.1) is 0 Å². The number of methoxy groups -OCH3 is 1.